The van der Waals surface area contributed by atoms with Crippen LogP contribution in [0.4, 0.5) is 35.3 Å². The predicted octanol–water partition coefficient (Wildman–Crippen LogP) is 3.63. The molecule has 0 aliphatic carbocycles. The molecule has 14 heteroatoms. The molecule has 3 unspecified atom stereocenters. The number of anilines is 3. The molecule has 2 aromatic rings. The third-order valence-corrected chi connectivity index (χ3v) is 7.01. The molecule has 2 N–H and O–H groups in total. The summed E-state index contributed by atoms with van der Waals surface area (Å²) in [4.78, 5) is 38.4. The average Bonchev–Trinajstić information content (AvgIpc) is 3.45. The SMILES string of the molecule is Cc1cc2c(nc1C(=O)NC(C)C(F)(F)F)N(C(=O)Nc1cc(OCC3COC(C)(C)O3)ccn1)C1CCN2C1. The standard InChI is InChI=1S/C26H31F3N6O5/c1-14-9-19-22(33-21(14)23(36)31-15(2)26(27,28)29)35(16-6-8-34(19)11-16)24(37)32-20-10-17(5-7-30-20)38-12-18-13-39-25(3,4)40-18/h5,7,9-10,15-16,18H,6,8,11-13H2,1-4H3,(H,31,36)(H,30,32,37). The van der Waals surface area contributed by atoms with Gasteiger partial charge in [0, 0.05) is 25.4 Å². The van der Waals surface area contributed by atoms with Crippen LogP contribution in [0.25, 0.3) is 0 Å². The fraction of sp³-hybridized carbons (Fsp3) is 0.538. The third-order valence-electron chi connectivity index (χ3n) is 7.01. The van der Waals surface area contributed by atoms with Crippen LogP contribution in [-0.4, -0.2) is 78.4 Å². The van der Waals surface area contributed by atoms with Gasteiger partial charge in [-0.05, 0) is 51.8 Å². The van der Waals surface area contributed by atoms with E-state index in [0.717, 1.165) is 6.92 Å². The molecule has 2 aromatic heterocycles. The lowest BCUT2D eigenvalue weighted by Gasteiger charge is -2.36. The first-order valence-electron chi connectivity index (χ1n) is 13.0. The number of carbonyl (C=O) groups is 2. The molecule has 0 radical (unpaired) electrons. The predicted molar refractivity (Wildman–Crippen MR) is 139 cm³/mol. The monoisotopic (exact) mass is 564 g/mol. The number of aromatic nitrogens is 2. The van der Waals surface area contributed by atoms with E-state index in [2.05, 4.69) is 15.3 Å². The van der Waals surface area contributed by atoms with E-state index >= 15 is 0 Å². The van der Waals surface area contributed by atoms with Crippen LogP contribution in [0.1, 0.15) is 43.2 Å². The van der Waals surface area contributed by atoms with Crippen LogP contribution in [0.2, 0.25) is 0 Å². The van der Waals surface area contributed by atoms with Gasteiger partial charge in [-0.3, -0.25) is 15.0 Å². The van der Waals surface area contributed by atoms with Gasteiger partial charge >= 0.3 is 12.2 Å². The maximum Gasteiger partial charge on any atom is 0.408 e. The van der Waals surface area contributed by atoms with Gasteiger partial charge < -0.3 is 24.4 Å². The zero-order valence-corrected chi connectivity index (χ0v) is 22.5. The molecule has 5 rings (SSSR count). The van der Waals surface area contributed by atoms with Gasteiger partial charge in [-0.15, -0.1) is 0 Å². The second-order valence-corrected chi connectivity index (χ2v) is 10.6. The van der Waals surface area contributed by atoms with E-state index in [4.69, 9.17) is 14.2 Å². The fourth-order valence-corrected chi connectivity index (χ4v) is 4.96. The number of alkyl halides is 3. The van der Waals surface area contributed by atoms with Crippen LogP contribution in [-0.2, 0) is 9.47 Å². The summed E-state index contributed by atoms with van der Waals surface area (Å²) in [6, 6.07) is 2.08. The van der Waals surface area contributed by atoms with Gasteiger partial charge in [0.15, 0.2) is 11.6 Å². The summed E-state index contributed by atoms with van der Waals surface area (Å²) in [7, 11) is 0. The van der Waals surface area contributed by atoms with Gasteiger partial charge in [-0.25, -0.2) is 14.8 Å². The van der Waals surface area contributed by atoms with E-state index in [9.17, 15) is 22.8 Å². The van der Waals surface area contributed by atoms with Crippen molar-refractivity contribution in [1.82, 2.24) is 15.3 Å². The van der Waals surface area contributed by atoms with Crippen molar-refractivity contribution in [1.29, 1.82) is 0 Å². The summed E-state index contributed by atoms with van der Waals surface area (Å²) >= 11 is 0. The molecule has 3 aliphatic heterocycles. The van der Waals surface area contributed by atoms with Crippen LogP contribution >= 0.6 is 0 Å². The Balaban J connectivity index is 1.34. The molecule has 3 atom stereocenters. The van der Waals surface area contributed by atoms with Crippen LogP contribution in [0.5, 0.6) is 5.75 Å². The number of nitrogens with zero attached hydrogens (tertiary/aromatic N) is 4. The number of ether oxygens (including phenoxy) is 3. The highest BCUT2D eigenvalue weighted by atomic mass is 19.4. The van der Waals surface area contributed by atoms with Crippen LogP contribution in [0, 0.1) is 6.92 Å². The Morgan fingerprint density at radius 3 is 2.77 bits per heavy atom. The number of pyridine rings is 2. The van der Waals surface area contributed by atoms with Gasteiger partial charge in [0.25, 0.3) is 5.91 Å². The zero-order chi connectivity index (χ0) is 28.8. The van der Waals surface area contributed by atoms with Gasteiger partial charge in [-0.2, -0.15) is 13.2 Å². The molecule has 5 heterocycles. The molecule has 216 valence electrons. The topological polar surface area (TPSA) is 118 Å². The van der Waals surface area contributed by atoms with Crippen LogP contribution in [0.3, 0.4) is 0 Å². The molecule has 11 nitrogen and oxygen atoms in total. The third kappa shape index (κ3) is 5.77. The molecule has 0 spiro atoms. The first kappa shape index (κ1) is 27.9. The number of fused-ring (bicyclic) bond motifs is 4. The first-order chi connectivity index (χ1) is 18.8. The lowest BCUT2D eigenvalue weighted by Crippen LogP contribution is -2.49. The van der Waals surface area contributed by atoms with Crippen molar-refractivity contribution in [3.63, 3.8) is 0 Å². The van der Waals surface area contributed by atoms with Crippen molar-refractivity contribution >= 4 is 29.3 Å². The Labute approximate surface area is 229 Å². The number of hydrogen-bond acceptors (Lipinski definition) is 8. The second-order valence-electron chi connectivity index (χ2n) is 10.6. The molecule has 40 heavy (non-hydrogen) atoms. The highest BCUT2D eigenvalue weighted by molar-refractivity contribution is 6.05. The van der Waals surface area contributed by atoms with Gasteiger partial charge in [0.05, 0.1) is 18.3 Å². The minimum atomic E-state index is -4.60. The molecular weight excluding hydrogens is 533 g/mol. The largest absolute Gasteiger partial charge is 0.491 e. The normalized spacial score (nSPS) is 22.1. The summed E-state index contributed by atoms with van der Waals surface area (Å²) in [6.45, 7) is 7.99. The Morgan fingerprint density at radius 2 is 2.08 bits per heavy atom. The van der Waals surface area contributed by atoms with Crippen LogP contribution < -0.4 is 25.2 Å². The minimum absolute atomic E-state index is 0.176. The van der Waals surface area contributed by atoms with Gasteiger partial charge in [0.2, 0.25) is 0 Å². The summed E-state index contributed by atoms with van der Waals surface area (Å²) in [5, 5.41) is 4.71. The van der Waals surface area contributed by atoms with Crippen molar-refractivity contribution in [3.8, 4) is 5.75 Å². The van der Waals surface area contributed by atoms with E-state index < -0.39 is 29.9 Å². The molecule has 3 amide bonds. The average molecular weight is 565 g/mol. The molecule has 2 bridgehead atoms. The first-order valence-corrected chi connectivity index (χ1v) is 13.0. The number of rotatable bonds is 6. The van der Waals surface area contributed by atoms with Gasteiger partial charge in [-0.1, -0.05) is 0 Å². The number of nitrogens with one attached hydrogen (secondary N) is 2. The van der Waals surface area contributed by atoms with Crippen molar-refractivity contribution < 1.29 is 37.0 Å². The molecule has 2 saturated heterocycles. The molecule has 3 aliphatic rings. The Bertz CT molecular complexity index is 1310. The summed E-state index contributed by atoms with van der Waals surface area (Å²) < 4.78 is 56.2. The second kappa shape index (κ2) is 10.4. The summed E-state index contributed by atoms with van der Waals surface area (Å²) in [5.41, 5.74) is 0.862. The summed E-state index contributed by atoms with van der Waals surface area (Å²) in [6.07, 6.45) is -2.69. The minimum Gasteiger partial charge on any atom is -0.491 e. The van der Waals surface area contributed by atoms with E-state index in [1.165, 1.54) is 11.1 Å². The van der Waals surface area contributed by atoms with E-state index in [1.807, 2.05) is 24.1 Å². The number of carbonyl (C=O) groups excluding carboxylic acids is 2. The smallest absolute Gasteiger partial charge is 0.408 e. The lowest BCUT2D eigenvalue weighted by molar-refractivity contribution is -0.149. The number of halogens is 3. The Kier molecular flexibility index (Phi) is 7.25. The number of aryl methyl sites for hydroxylation is 1. The quantitative estimate of drug-likeness (QED) is 0.546. The highest BCUT2D eigenvalue weighted by Gasteiger charge is 2.42. The number of hydrogen-bond donors (Lipinski definition) is 2. The fourth-order valence-electron chi connectivity index (χ4n) is 4.96. The van der Waals surface area contributed by atoms with Crippen molar-refractivity contribution in [2.24, 2.45) is 0 Å². The lowest BCUT2D eigenvalue weighted by atomic mass is 10.1. The summed E-state index contributed by atoms with van der Waals surface area (Å²) in [5.74, 6) is -0.732. The van der Waals surface area contributed by atoms with Crippen LogP contribution in [0.15, 0.2) is 24.4 Å². The highest BCUT2D eigenvalue weighted by Crippen LogP contribution is 2.40. The zero-order valence-electron chi connectivity index (χ0n) is 22.5. The van der Waals surface area contributed by atoms with Gasteiger partial charge in [0.1, 0.15) is 36.0 Å². The molecule has 0 saturated carbocycles. The maximum absolute atomic E-state index is 13.5. The maximum atomic E-state index is 13.5. The van der Waals surface area contributed by atoms with Crippen molar-refractivity contribution in [3.05, 3.63) is 35.7 Å². The van der Waals surface area contributed by atoms with Crippen molar-refractivity contribution in [2.75, 3.05) is 41.4 Å². The molecule has 2 fully saturated rings. The number of urea groups is 1. The number of amides is 3. The van der Waals surface area contributed by atoms with E-state index in [1.54, 1.807) is 25.1 Å². The Morgan fingerprint density at radius 1 is 1.30 bits per heavy atom. The Hall–Kier alpha value is -3.65. The molecular formula is C26H31F3N6O5. The van der Waals surface area contributed by atoms with Crippen molar-refractivity contribution in [2.45, 2.75) is 64.3 Å². The van der Waals surface area contributed by atoms with E-state index in [0.29, 0.717) is 43.1 Å². The molecule has 0 aromatic carbocycles. The van der Waals surface area contributed by atoms with E-state index in [-0.39, 0.29) is 36.1 Å².